The number of carbonyl (C=O) groups is 4. The molecule has 1 aromatic carbocycles. The van der Waals surface area contributed by atoms with Crippen LogP contribution in [0, 0.1) is 23.6 Å². The second-order valence-corrected chi connectivity index (χ2v) is 19.5. The summed E-state index contributed by atoms with van der Waals surface area (Å²) >= 11 is 0. The van der Waals surface area contributed by atoms with Crippen molar-refractivity contribution >= 4 is 44.6 Å². The van der Waals surface area contributed by atoms with Crippen LogP contribution in [0.2, 0.25) is 0 Å². The van der Waals surface area contributed by atoms with E-state index < -0.39 is 91.9 Å². The van der Waals surface area contributed by atoms with Crippen molar-refractivity contribution in [2.75, 3.05) is 13.2 Å². The summed E-state index contributed by atoms with van der Waals surface area (Å²) in [6.07, 6.45) is 1.23. The Labute approximate surface area is 342 Å². The lowest BCUT2D eigenvalue weighted by atomic mass is 9.82. The number of allylic oxidation sites excluding steroid dienone is 1. The van der Waals surface area contributed by atoms with E-state index in [0.29, 0.717) is 36.0 Å². The monoisotopic (exact) mass is 849 g/mol. The van der Waals surface area contributed by atoms with Gasteiger partial charge in [0.1, 0.15) is 29.3 Å². The highest BCUT2D eigenvalue weighted by Crippen LogP contribution is 2.48. The van der Waals surface area contributed by atoms with E-state index in [9.17, 15) is 36.7 Å². The second-order valence-electron chi connectivity index (χ2n) is 17.3. The molecule has 3 fully saturated rings. The van der Waals surface area contributed by atoms with Crippen molar-refractivity contribution in [3.63, 3.8) is 0 Å². The molecule has 7 atom stereocenters. The number of hydrogen-bond acceptors (Lipinski definition) is 9. The van der Waals surface area contributed by atoms with Gasteiger partial charge in [0.15, 0.2) is 11.6 Å². The number of amides is 4. The zero-order valence-electron chi connectivity index (χ0n) is 34.2. The number of fused-ring (bicyclic) bond motifs is 3. The molecule has 4 aliphatic rings. The first-order chi connectivity index (χ1) is 27.7. The van der Waals surface area contributed by atoms with E-state index in [1.54, 1.807) is 26.0 Å². The van der Waals surface area contributed by atoms with Crippen LogP contribution >= 0.6 is 0 Å². The summed E-state index contributed by atoms with van der Waals surface area (Å²) in [7, 11) is -4.11. The Bertz CT molecular complexity index is 2120. The highest BCUT2D eigenvalue weighted by molar-refractivity contribution is 7.91. The number of carbonyl (C=O) groups excluding carboxylic acids is 3. The molecule has 4 amide bonds. The minimum Gasteiger partial charge on any atom is -0.491 e. The van der Waals surface area contributed by atoms with E-state index in [-0.39, 0.29) is 61.8 Å². The van der Waals surface area contributed by atoms with Crippen LogP contribution in [-0.4, -0.2) is 106 Å². The van der Waals surface area contributed by atoms with Gasteiger partial charge in [0.25, 0.3) is 12.3 Å². The van der Waals surface area contributed by atoms with Crippen molar-refractivity contribution in [2.45, 2.75) is 133 Å². The van der Waals surface area contributed by atoms with E-state index in [0.717, 1.165) is 18.7 Å². The molecule has 18 heteroatoms. The third-order valence-corrected chi connectivity index (χ3v) is 14.7. The van der Waals surface area contributed by atoms with Crippen molar-refractivity contribution in [3.8, 4) is 11.6 Å². The number of sulfonamides is 1. The minimum absolute atomic E-state index is 0.0111. The summed E-state index contributed by atoms with van der Waals surface area (Å²) in [5.74, 6) is -4.85. The lowest BCUT2D eigenvalue weighted by molar-refractivity contribution is -0.149. The van der Waals surface area contributed by atoms with Crippen LogP contribution in [0.25, 0.3) is 10.8 Å². The number of halogens is 3. The van der Waals surface area contributed by atoms with Crippen molar-refractivity contribution in [3.05, 3.63) is 42.4 Å². The summed E-state index contributed by atoms with van der Waals surface area (Å²) in [5, 5.41) is 14.1. The standard InChI is InChI=1S/C41H54F3N5O9S/c1-7-24-17-23(3)11-9-10-12-26-21-41(26,37(52)47-59(55,56)40(6)14-15-40)46-33(50)30-19-27(22-48(30)35(51)32(24)49(38(53)54)39(4,5)36(43)44)58-34-28-20-29(42)31(57-8-2)18-25(28)13-16-45-34/h10,12-13,16,18,20,23-24,26-27,30,32,36H,7-9,11,14-15,17,19,21-22H2,1-6H3,(H,46,50)(H,47,52)(H,53,54)/t23-,24+,26+,27+,30-,32-,41+/m0/s1. The van der Waals surface area contributed by atoms with Gasteiger partial charge in [-0.2, -0.15) is 0 Å². The first-order valence-corrected chi connectivity index (χ1v) is 21.7. The van der Waals surface area contributed by atoms with E-state index in [2.05, 4.69) is 15.0 Å². The molecule has 324 valence electrons. The molecule has 14 nitrogen and oxygen atoms in total. The van der Waals surface area contributed by atoms with Gasteiger partial charge in [-0.25, -0.2) is 31.4 Å². The summed E-state index contributed by atoms with van der Waals surface area (Å²) in [6, 6.07) is 1.18. The van der Waals surface area contributed by atoms with Gasteiger partial charge in [-0.1, -0.05) is 32.4 Å². The van der Waals surface area contributed by atoms with Crippen molar-refractivity contribution in [1.82, 2.24) is 24.8 Å². The van der Waals surface area contributed by atoms with E-state index in [1.807, 2.05) is 13.0 Å². The Morgan fingerprint density at radius 2 is 1.90 bits per heavy atom. The van der Waals surface area contributed by atoms with Gasteiger partial charge in [-0.15, -0.1) is 0 Å². The van der Waals surface area contributed by atoms with Crippen molar-refractivity contribution in [1.29, 1.82) is 0 Å². The van der Waals surface area contributed by atoms with Crippen LogP contribution in [0.4, 0.5) is 18.0 Å². The molecule has 0 spiro atoms. The normalized spacial score (nSPS) is 28.5. The topological polar surface area (TPSA) is 185 Å². The van der Waals surface area contributed by atoms with Crippen LogP contribution in [0.15, 0.2) is 36.5 Å². The predicted octanol–water partition coefficient (Wildman–Crippen LogP) is 5.79. The zero-order valence-corrected chi connectivity index (χ0v) is 35.0. The fraction of sp³-hybridized carbons (Fsp3) is 0.634. The number of rotatable bonds is 11. The quantitative estimate of drug-likeness (QED) is 0.234. The SMILES string of the molecule is CCOc1cc2ccnc(O[C@@H]3C[C@H]4C(=O)N[C@]5(C(=O)NS(=O)(=O)C6(C)CC6)C[C@H]5C=CCC[C@H](C)C[C@@H](CC)[C@H](N(C(=O)O)C(C)(C)C(F)F)C(=O)N4C3)c2cc1F. The molecule has 1 aromatic heterocycles. The summed E-state index contributed by atoms with van der Waals surface area (Å²) < 4.78 is 83.9. The largest absolute Gasteiger partial charge is 0.491 e. The lowest BCUT2D eigenvalue weighted by Crippen LogP contribution is -2.65. The molecule has 6 rings (SSSR count). The number of carboxylic acid groups (broad SMARTS) is 1. The van der Waals surface area contributed by atoms with Crippen LogP contribution in [0.1, 0.15) is 92.9 Å². The fourth-order valence-electron chi connectivity index (χ4n) is 8.42. The Hall–Kier alpha value is -4.61. The Kier molecular flexibility index (Phi) is 12.3. The molecule has 2 aliphatic carbocycles. The number of pyridine rings is 1. The maximum absolute atomic E-state index is 15.2. The number of nitrogens with one attached hydrogen (secondary N) is 2. The molecule has 2 saturated carbocycles. The van der Waals surface area contributed by atoms with E-state index in [1.165, 1.54) is 25.3 Å². The second kappa shape index (κ2) is 16.4. The molecule has 3 N–H and O–H groups in total. The predicted molar refractivity (Wildman–Crippen MR) is 211 cm³/mol. The van der Waals surface area contributed by atoms with Gasteiger partial charge in [0.05, 0.1) is 17.9 Å². The Balaban J connectivity index is 1.43. The summed E-state index contributed by atoms with van der Waals surface area (Å²) in [6.45, 7) is 8.87. The Morgan fingerprint density at radius 1 is 1.19 bits per heavy atom. The lowest BCUT2D eigenvalue weighted by Gasteiger charge is -2.45. The average Bonchev–Trinajstić information content (AvgIpc) is 4.04. The van der Waals surface area contributed by atoms with E-state index >= 15 is 9.18 Å². The first kappa shape index (κ1) is 44.0. The molecule has 2 aromatic rings. The highest BCUT2D eigenvalue weighted by Gasteiger charge is 2.63. The van der Waals surface area contributed by atoms with Crippen LogP contribution in [0.5, 0.6) is 11.6 Å². The van der Waals surface area contributed by atoms with Gasteiger partial charge in [-0.3, -0.25) is 24.0 Å². The fourth-order valence-corrected chi connectivity index (χ4v) is 9.73. The third kappa shape index (κ3) is 8.55. The van der Waals surface area contributed by atoms with Gasteiger partial charge >= 0.3 is 6.09 Å². The molecular weight excluding hydrogens is 796 g/mol. The first-order valence-electron chi connectivity index (χ1n) is 20.2. The van der Waals surface area contributed by atoms with Gasteiger partial charge in [-0.05, 0) is 102 Å². The van der Waals surface area contributed by atoms with Crippen molar-refractivity contribution < 1.29 is 55.3 Å². The highest BCUT2D eigenvalue weighted by atomic mass is 32.2. The summed E-state index contributed by atoms with van der Waals surface area (Å²) in [4.78, 5) is 62.7. The molecule has 59 heavy (non-hydrogen) atoms. The molecule has 0 bridgehead atoms. The number of nitrogens with zero attached hydrogens (tertiary/aromatic N) is 3. The molecule has 3 heterocycles. The van der Waals surface area contributed by atoms with Crippen LogP contribution in [-0.2, 0) is 24.4 Å². The van der Waals surface area contributed by atoms with E-state index in [4.69, 9.17) is 9.47 Å². The molecule has 0 unspecified atom stereocenters. The van der Waals surface area contributed by atoms with Crippen LogP contribution < -0.4 is 19.5 Å². The zero-order chi connectivity index (χ0) is 43.2. The molecule has 0 radical (unpaired) electrons. The molecule has 2 aliphatic heterocycles. The number of alkyl halides is 2. The van der Waals surface area contributed by atoms with Gasteiger partial charge in [0, 0.05) is 23.9 Å². The number of ether oxygens (including phenoxy) is 2. The maximum Gasteiger partial charge on any atom is 0.408 e. The maximum atomic E-state index is 15.2. The third-order valence-electron chi connectivity index (χ3n) is 12.6. The Morgan fingerprint density at radius 3 is 2.53 bits per heavy atom. The average molecular weight is 850 g/mol. The van der Waals surface area contributed by atoms with Crippen molar-refractivity contribution in [2.24, 2.45) is 17.8 Å². The smallest absolute Gasteiger partial charge is 0.408 e. The number of hydrogen-bond donors (Lipinski definition) is 3. The van der Waals surface area contributed by atoms with Gasteiger partial charge < -0.3 is 24.8 Å². The molecule has 1 saturated heterocycles. The number of aromatic nitrogens is 1. The number of benzene rings is 1. The molecular formula is C41H54F3N5O9S. The van der Waals surface area contributed by atoms with Crippen LogP contribution in [0.3, 0.4) is 0 Å². The summed E-state index contributed by atoms with van der Waals surface area (Å²) in [5.41, 5.74) is -4.04. The van der Waals surface area contributed by atoms with Gasteiger partial charge in [0.2, 0.25) is 27.7 Å². The minimum atomic E-state index is -4.11.